The van der Waals surface area contributed by atoms with Gasteiger partial charge in [0, 0.05) is 18.7 Å². The number of nitrogens with one attached hydrogen (secondary N) is 1. The fourth-order valence-corrected chi connectivity index (χ4v) is 3.57. The number of hydrogen-bond donors (Lipinski definition) is 1. The molecule has 0 aliphatic rings. The fraction of sp³-hybridized carbons (Fsp3) is 0.440. The van der Waals surface area contributed by atoms with E-state index < -0.39 is 17.8 Å². The summed E-state index contributed by atoms with van der Waals surface area (Å²) in [5, 5.41) is 2.84. The molecule has 2 aromatic rings. The minimum Gasteiger partial charge on any atom is -0.483 e. The van der Waals surface area contributed by atoms with Crippen LogP contribution < -0.4 is 10.1 Å². The van der Waals surface area contributed by atoms with Crippen molar-refractivity contribution in [2.75, 3.05) is 13.2 Å². The van der Waals surface area contributed by atoms with Crippen molar-refractivity contribution < 1.29 is 18.7 Å². The standard InChI is InChI=1S/C25H32BrFN2O3/c1-16(2)13-28-25(31)18(5)29(14-20-8-6-7-9-22(20)27)24(30)15-32-23-11-10-19(17(3)4)12-21(23)26/h6-12,16-18H,13-15H2,1-5H3,(H,28,31)/t18-/m1/s1. The summed E-state index contributed by atoms with van der Waals surface area (Å²) in [5.41, 5.74) is 1.49. The zero-order chi connectivity index (χ0) is 23.8. The number of ether oxygens (including phenoxy) is 1. The van der Waals surface area contributed by atoms with Gasteiger partial charge in [-0.05, 0) is 58.5 Å². The molecule has 174 valence electrons. The normalized spacial score (nSPS) is 12.0. The third kappa shape index (κ3) is 7.33. The third-order valence-corrected chi connectivity index (χ3v) is 5.74. The van der Waals surface area contributed by atoms with Crippen LogP contribution in [-0.2, 0) is 16.1 Å². The number of nitrogens with zero attached hydrogens (tertiary/aromatic N) is 1. The molecule has 0 radical (unpaired) electrons. The van der Waals surface area contributed by atoms with Crippen LogP contribution in [0.5, 0.6) is 5.75 Å². The van der Waals surface area contributed by atoms with Gasteiger partial charge in [-0.15, -0.1) is 0 Å². The molecule has 2 amide bonds. The van der Waals surface area contributed by atoms with Crippen molar-refractivity contribution >= 4 is 27.7 Å². The van der Waals surface area contributed by atoms with Crippen LogP contribution in [0.15, 0.2) is 46.9 Å². The summed E-state index contributed by atoms with van der Waals surface area (Å²) in [6, 6.07) is 11.2. The van der Waals surface area contributed by atoms with E-state index in [0.717, 1.165) is 10.0 Å². The number of carbonyl (C=O) groups is 2. The first-order valence-electron chi connectivity index (χ1n) is 10.8. The molecule has 2 rings (SSSR count). The maximum absolute atomic E-state index is 14.3. The number of rotatable bonds is 10. The molecular formula is C25H32BrFN2O3. The maximum Gasteiger partial charge on any atom is 0.261 e. The fourth-order valence-electron chi connectivity index (χ4n) is 3.06. The molecule has 0 heterocycles. The van der Waals surface area contributed by atoms with E-state index in [4.69, 9.17) is 4.74 Å². The number of halogens is 2. The molecule has 32 heavy (non-hydrogen) atoms. The van der Waals surface area contributed by atoms with Crippen molar-refractivity contribution in [3.05, 3.63) is 63.9 Å². The van der Waals surface area contributed by atoms with E-state index in [-0.39, 0.29) is 25.0 Å². The topological polar surface area (TPSA) is 58.6 Å². The van der Waals surface area contributed by atoms with Crippen LogP contribution >= 0.6 is 15.9 Å². The molecule has 0 aliphatic carbocycles. The van der Waals surface area contributed by atoms with Gasteiger partial charge in [0.1, 0.15) is 17.6 Å². The Labute approximate surface area is 198 Å². The zero-order valence-electron chi connectivity index (χ0n) is 19.3. The van der Waals surface area contributed by atoms with Crippen molar-refractivity contribution in [2.45, 2.75) is 53.1 Å². The van der Waals surface area contributed by atoms with Crippen LogP contribution in [0.4, 0.5) is 4.39 Å². The first kappa shape index (κ1) is 25.8. The number of carbonyl (C=O) groups excluding carboxylic acids is 2. The smallest absolute Gasteiger partial charge is 0.261 e. The van der Waals surface area contributed by atoms with Gasteiger partial charge < -0.3 is 15.0 Å². The van der Waals surface area contributed by atoms with Gasteiger partial charge in [0.05, 0.1) is 4.47 Å². The Kier molecular flexibility index (Phi) is 9.69. The first-order chi connectivity index (χ1) is 15.1. The van der Waals surface area contributed by atoms with E-state index in [2.05, 4.69) is 35.1 Å². The summed E-state index contributed by atoms with van der Waals surface area (Å²) < 4.78 is 20.8. The van der Waals surface area contributed by atoms with E-state index in [1.165, 1.54) is 11.0 Å². The van der Waals surface area contributed by atoms with Gasteiger partial charge in [0.2, 0.25) is 5.91 Å². The summed E-state index contributed by atoms with van der Waals surface area (Å²) in [5.74, 6) is 0.0597. The summed E-state index contributed by atoms with van der Waals surface area (Å²) in [4.78, 5) is 27.1. The molecule has 0 spiro atoms. The average Bonchev–Trinajstić information content (AvgIpc) is 2.75. The largest absolute Gasteiger partial charge is 0.483 e. The molecule has 0 unspecified atom stereocenters. The lowest BCUT2D eigenvalue weighted by molar-refractivity contribution is -0.142. The van der Waals surface area contributed by atoms with Gasteiger partial charge in [0.15, 0.2) is 6.61 Å². The minimum atomic E-state index is -0.781. The Balaban J connectivity index is 2.17. The van der Waals surface area contributed by atoms with Crippen molar-refractivity contribution in [3.8, 4) is 5.75 Å². The monoisotopic (exact) mass is 506 g/mol. The summed E-state index contributed by atoms with van der Waals surface area (Å²) in [7, 11) is 0. The van der Waals surface area contributed by atoms with Crippen LogP contribution in [0, 0.1) is 11.7 Å². The van der Waals surface area contributed by atoms with Crippen LogP contribution in [0.3, 0.4) is 0 Å². The third-order valence-electron chi connectivity index (χ3n) is 5.12. The van der Waals surface area contributed by atoms with Crippen molar-refractivity contribution in [1.29, 1.82) is 0 Å². The molecule has 0 bridgehead atoms. The second-order valence-corrected chi connectivity index (χ2v) is 9.42. The van der Waals surface area contributed by atoms with E-state index in [1.807, 2.05) is 32.0 Å². The molecule has 5 nitrogen and oxygen atoms in total. The van der Waals surface area contributed by atoms with Crippen LogP contribution in [-0.4, -0.2) is 35.9 Å². The Morgan fingerprint density at radius 2 is 1.78 bits per heavy atom. The summed E-state index contributed by atoms with van der Waals surface area (Å²) in [6.07, 6.45) is 0. The van der Waals surface area contributed by atoms with E-state index in [1.54, 1.807) is 25.1 Å². The lowest BCUT2D eigenvalue weighted by Crippen LogP contribution is -2.49. The molecule has 0 aromatic heterocycles. The highest BCUT2D eigenvalue weighted by Crippen LogP contribution is 2.29. The predicted octanol–water partition coefficient (Wildman–Crippen LogP) is 5.28. The number of hydrogen-bond acceptors (Lipinski definition) is 3. The molecule has 0 aliphatic heterocycles. The minimum absolute atomic E-state index is 0.0292. The molecule has 2 aromatic carbocycles. The summed E-state index contributed by atoms with van der Waals surface area (Å²) >= 11 is 3.49. The number of amides is 2. The Hall–Kier alpha value is -2.41. The lowest BCUT2D eigenvalue weighted by Gasteiger charge is -2.29. The SMILES string of the molecule is CC(C)CNC(=O)[C@@H](C)N(Cc1ccccc1F)C(=O)COc1ccc(C(C)C)cc1Br. The Morgan fingerprint density at radius 1 is 1.09 bits per heavy atom. The quantitative estimate of drug-likeness (QED) is 0.476. The van der Waals surface area contributed by atoms with E-state index in [9.17, 15) is 14.0 Å². The molecule has 1 N–H and O–H groups in total. The predicted molar refractivity (Wildman–Crippen MR) is 128 cm³/mol. The molecule has 7 heteroatoms. The second-order valence-electron chi connectivity index (χ2n) is 8.56. The van der Waals surface area contributed by atoms with Gasteiger partial charge in [-0.3, -0.25) is 9.59 Å². The average molecular weight is 507 g/mol. The van der Waals surface area contributed by atoms with Gasteiger partial charge >= 0.3 is 0 Å². The molecule has 0 fully saturated rings. The van der Waals surface area contributed by atoms with E-state index >= 15 is 0 Å². The van der Waals surface area contributed by atoms with Crippen molar-refractivity contribution in [1.82, 2.24) is 10.2 Å². The second kappa shape index (κ2) is 12.0. The van der Waals surface area contributed by atoms with Gasteiger partial charge in [-0.2, -0.15) is 0 Å². The van der Waals surface area contributed by atoms with Crippen LogP contribution in [0.25, 0.3) is 0 Å². The van der Waals surface area contributed by atoms with E-state index in [0.29, 0.717) is 23.8 Å². The lowest BCUT2D eigenvalue weighted by atomic mass is 10.0. The van der Waals surface area contributed by atoms with Crippen molar-refractivity contribution in [2.24, 2.45) is 5.92 Å². The van der Waals surface area contributed by atoms with Crippen LogP contribution in [0.2, 0.25) is 0 Å². The highest BCUT2D eigenvalue weighted by molar-refractivity contribution is 9.10. The highest BCUT2D eigenvalue weighted by Gasteiger charge is 2.27. The van der Waals surface area contributed by atoms with Crippen molar-refractivity contribution in [3.63, 3.8) is 0 Å². The van der Waals surface area contributed by atoms with Gasteiger partial charge in [-0.1, -0.05) is 52.0 Å². The van der Waals surface area contributed by atoms with Gasteiger partial charge in [0.25, 0.3) is 5.91 Å². The molecule has 0 saturated heterocycles. The molecule has 0 saturated carbocycles. The zero-order valence-corrected chi connectivity index (χ0v) is 20.9. The highest BCUT2D eigenvalue weighted by atomic mass is 79.9. The molecule has 1 atom stereocenters. The Morgan fingerprint density at radius 3 is 2.38 bits per heavy atom. The first-order valence-corrected chi connectivity index (χ1v) is 11.6. The Bertz CT molecular complexity index is 933. The van der Waals surface area contributed by atoms with Gasteiger partial charge in [-0.25, -0.2) is 4.39 Å². The summed E-state index contributed by atoms with van der Waals surface area (Å²) in [6.45, 7) is 10.0. The van der Waals surface area contributed by atoms with Crippen LogP contribution in [0.1, 0.15) is 51.7 Å². The molecular weight excluding hydrogens is 475 g/mol. The maximum atomic E-state index is 14.3. The number of benzene rings is 2.